The second-order valence-corrected chi connectivity index (χ2v) is 8.70. The quantitative estimate of drug-likeness (QED) is 0.625. The number of piperidine rings is 1. The number of fused-ring (bicyclic) bond motifs is 1. The molecule has 5 heteroatoms. The van der Waals surface area contributed by atoms with Gasteiger partial charge in [0, 0.05) is 30.6 Å². The molecule has 1 fully saturated rings. The maximum absolute atomic E-state index is 13.8. The number of carbonyl (C=O) groups excluding carboxylic acids is 3. The Morgan fingerprint density at radius 1 is 0.938 bits per heavy atom. The Bertz CT molecular complexity index is 1170. The summed E-state index contributed by atoms with van der Waals surface area (Å²) in [6.45, 7) is 5.82. The van der Waals surface area contributed by atoms with Crippen molar-refractivity contribution < 1.29 is 14.4 Å². The van der Waals surface area contributed by atoms with Crippen molar-refractivity contribution in [3.63, 3.8) is 0 Å². The highest BCUT2D eigenvalue weighted by Crippen LogP contribution is 2.27. The molecule has 0 unspecified atom stereocenters. The normalized spacial score (nSPS) is 18.4. The molecule has 1 N–H and O–H groups in total. The fourth-order valence-corrected chi connectivity index (χ4v) is 4.76. The second-order valence-electron chi connectivity index (χ2n) is 8.70. The Hall–Kier alpha value is -3.47. The minimum atomic E-state index is -0.639. The lowest BCUT2D eigenvalue weighted by atomic mass is 9.88. The van der Waals surface area contributed by atoms with E-state index in [1.165, 1.54) is 6.92 Å². The van der Waals surface area contributed by atoms with Crippen molar-refractivity contribution in [1.82, 2.24) is 10.2 Å². The number of hydrogen-bond acceptors (Lipinski definition) is 3. The van der Waals surface area contributed by atoms with E-state index in [0.717, 1.165) is 21.9 Å². The predicted molar refractivity (Wildman–Crippen MR) is 126 cm³/mol. The number of ketones is 1. The van der Waals surface area contributed by atoms with Gasteiger partial charge in [0.1, 0.15) is 0 Å². The lowest BCUT2D eigenvalue weighted by Crippen LogP contribution is -2.54. The number of nitrogens with one attached hydrogen (secondary N) is 1. The molecule has 0 saturated carbocycles. The van der Waals surface area contributed by atoms with Gasteiger partial charge in [0.05, 0.1) is 6.04 Å². The molecule has 2 amide bonds. The molecule has 2 atom stereocenters. The van der Waals surface area contributed by atoms with Crippen LogP contribution in [0.2, 0.25) is 0 Å². The van der Waals surface area contributed by atoms with Gasteiger partial charge in [-0.3, -0.25) is 14.4 Å². The zero-order valence-electron chi connectivity index (χ0n) is 18.7. The highest BCUT2D eigenvalue weighted by atomic mass is 16.2. The molecular weight excluding hydrogens is 400 g/mol. The van der Waals surface area contributed by atoms with Crippen LogP contribution in [-0.2, 0) is 4.79 Å². The molecule has 164 valence electrons. The summed E-state index contributed by atoms with van der Waals surface area (Å²) >= 11 is 0. The van der Waals surface area contributed by atoms with Crippen LogP contribution in [0.25, 0.3) is 10.8 Å². The van der Waals surface area contributed by atoms with Crippen molar-refractivity contribution in [3.8, 4) is 0 Å². The second kappa shape index (κ2) is 8.95. The average molecular weight is 429 g/mol. The molecule has 1 heterocycles. The lowest BCUT2D eigenvalue weighted by Gasteiger charge is -2.39. The van der Waals surface area contributed by atoms with Gasteiger partial charge >= 0.3 is 0 Å². The van der Waals surface area contributed by atoms with Crippen LogP contribution in [0.3, 0.4) is 0 Å². The van der Waals surface area contributed by atoms with Gasteiger partial charge in [-0.15, -0.1) is 0 Å². The molecule has 0 bridgehead atoms. The number of likely N-dealkylation sites (tertiary alicyclic amines) is 1. The number of carbonyl (C=O) groups is 3. The summed E-state index contributed by atoms with van der Waals surface area (Å²) < 4.78 is 0. The van der Waals surface area contributed by atoms with E-state index < -0.39 is 6.04 Å². The highest BCUT2D eigenvalue weighted by molar-refractivity contribution is 6.12. The summed E-state index contributed by atoms with van der Waals surface area (Å²) in [5.41, 5.74) is 3.22. The molecular formula is C27H28N2O3. The van der Waals surface area contributed by atoms with Crippen molar-refractivity contribution in [1.29, 1.82) is 0 Å². The zero-order chi connectivity index (χ0) is 22.8. The third-order valence-corrected chi connectivity index (χ3v) is 6.10. The fourth-order valence-electron chi connectivity index (χ4n) is 4.76. The number of hydrogen-bond donors (Lipinski definition) is 1. The summed E-state index contributed by atoms with van der Waals surface area (Å²) in [5, 5.41) is 4.80. The van der Waals surface area contributed by atoms with Crippen LogP contribution in [0, 0.1) is 13.8 Å². The third kappa shape index (κ3) is 4.42. The predicted octanol–water partition coefficient (Wildman–Crippen LogP) is 4.45. The lowest BCUT2D eigenvalue weighted by molar-refractivity contribution is -0.120. The Labute approximate surface area is 188 Å². The first-order valence-electron chi connectivity index (χ1n) is 11.0. The highest BCUT2D eigenvalue weighted by Gasteiger charge is 2.37. The van der Waals surface area contributed by atoms with E-state index in [4.69, 9.17) is 0 Å². The van der Waals surface area contributed by atoms with Gasteiger partial charge in [-0.2, -0.15) is 0 Å². The molecule has 3 aromatic rings. The van der Waals surface area contributed by atoms with Crippen LogP contribution in [0.1, 0.15) is 51.6 Å². The molecule has 1 aliphatic heterocycles. The first-order valence-corrected chi connectivity index (χ1v) is 11.0. The zero-order valence-corrected chi connectivity index (χ0v) is 18.7. The van der Waals surface area contributed by atoms with Gasteiger partial charge in [-0.1, -0.05) is 59.7 Å². The molecule has 0 spiro atoms. The van der Waals surface area contributed by atoms with Gasteiger partial charge in [0.15, 0.2) is 5.78 Å². The standard InChI is InChI=1S/C27H28N2O3/c1-17-13-18(2)15-21(14-17)27(32)29-12-11-22(28-19(3)30)16-25(29)26(31)24-10-6-8-20-7-4-5-9-23(20)24/h4-10,13-15,22,25H,11-12,16H2,1-3H3,(H,28,30)/t22-,25+/m0/s1. The Morgan fingerprint density at radius 2 is 1.62 bits per heavy atom. The van der Waals surface area contributed by atoms with Crippen LogP contribution in [0.5, 0.6) is 0 Å². The Morgan fingerprint density at radius 3 is 2.34 bits per heavy atom. The maximum atomic E-state index is 13.8. The number of benzene rings is 3. The number of amides is 2. The van der Waals surface area contributed by atoms with E-state index in [1.807, 2.05) is 74.5 Å². The van der Waals surface area contributed by atoms with Crippen LogP contribution in [0.4, 0.5) is 0 Å². The van der Waals surface area contributed by atoms with Crippen molar-refractivity contribution in [2.24, 2.45) is 0 Å². The minimum Gasteiger partial charge on any atom is -0.353 e. The van der Waals surface area contributed by atoms with E-state index in [-0.39, 0.29) is 23.6 Å². The van der Waals surface area contributed by atoms with Gasteiger partial charge < -0.3 is 10.2 Å². The van der Waals surface area contributed by atoms with E-state index in [2.05, 4.69) is 5.32 Å². The molecule has 3 aromatic carbocycles. The van der Waals surface area contributed by atoms with E-state index in [9.17, 15) is 14.4 Å². The third-order valence-electron chi connectivity index (χ3n) is 6.10. The average Bonchev–Trinajstić information content (AvgIpc) is 2.76. The van der Waals surface area contributed by atoms with Crippen LogP contribution < -0.4 is 5.32 Å². The van der Waals surface area contributed by atoms with Gasteiger partial charge in [0.25, 0.3) is 5.91 Å². The minimum absolute atomic E-state index is 0.0884. The first kappa shape index (κ1) is 21.8. The SMILES string of the molecule is CC(=O)N[C@H]1CCN(C(=O)c2cc(C)cc(C)c2)[C@@H](C(=O)c2cccc3ccccc23)C1. The molecule has 4 rings (SSSR count). The van der Waals surface area contributed by atoms with Crippen LogP contribution in [0.15, 0.2) is 60.7 Å². The van der Waals surface area contributed by atoms with Gasteiger partial charge in [0.2, 0.25) is 5.91 Å². The summed E-state index contributed by atoms with van der Waals surface area (Å²) in [7, 11) is 0. The number of rotatable bonds is 4. The van der Waals surface area contributed by atoms with Crippen molar-refractivity contribution in [3.05, 3.63) is 82.9 Å². The molecule has 5 nitrogen and oxygen atoms in total. The van der Waals surface area contributed by atoms with Crippen molar-refractivity contribution in [2.45, 2.75) is 45.7 Å². The molecule has 0 aromatic heterocycles. The van der Waals surface area contributed by atoms with E-state index in [1.54, 1.807) is 4.90 Å². The van der Waals surface area contributed by atoms with Crippen LogP contribution in [-0.4, -0.2) is 41.1 Å². The van der Waals surface area contributed by atoms with Crippen molar-refractivity contribution >= 4 is 28.4 Å². The smallest absolute Gasteiger partial charge is 0.254 e. The molecule has 0 radical (unpaired) electrons. The number of Topliss-reactive ketones (excluding diaryl/α,β-unsaturated/α-hetero) is 1. The first-order chi connectivity index (χ1) is 15.3. The van der Waals surface area contributed by atoms with Gasteiger partial charge in [-0.25, -0.2) is 0 Å². The molecule has 1 saturated heterocycles. The number of aryl methyl sites for hydroxylation is 2. The number of nitrogens with zero attached hydrogens (tertiary/aromatic N) is 1. The molecule has 32 heavy (non-hydrogen) atoms. The molecule has 0 aliphatic carbocycles. The van der Waals surface area contributed by atoms with Crippen LogP contribution >= 0.6 is 0 Å². The summed E-state index contributed by atoms with van der Waals surface area (Å²) in [5.74, 6) is -0.355. The van der Waals surface area contributed by atoms with E-state index >= 15 is 0 Å². The summed E-state index contributed by atoms with van der Waals surface area (Å²) in [4.78, 5) is 40.7. The van der Waals surface area contributed by atoms with Gasteiger partial charge in [-0.05, 0) is 49.6 Å². The Kier molecular flexibility index (Phi) is 6.08. The summed E-state index contributed by atoms with van der Waals surface area (Å²) in [6, 6.07) is 18.4. The summed E-state index contributed by atoms with van der Waals surface area (Å²) in [6.07, 6.45) is 1.02. The largest absolute Gasteiger partial charge is 0.353 e. The maximum Gasteiger partial charge on any atom is 0.254 e. The molecule has 1 aliphatic rings. The Balaban J connectivity index is 1.73. The fraction of sp³-hybridized carbons (Fsp3) is 0.296. The van der Waals surface area contributed by atoms with Crippen molar-refractivity contribution in [2.75, 3.05) is 6.54 Å². The van der Waals surface area contributed by atoms with E-state index in [0.29, 0.717) is 30.5 Å². The topological polar surface area (TPSA) is 66.5 Å². The monoisotopic (exact) mass is 428 g/mol.